The van der Waals surface area contributed by atoms with Crippen LogP contribution in [0.15, 0.2) is 85.2 Å². The zero-order chi connectivity index (χ0) is 28.9. The molecule has 1 amide bonds. The molecular formula is C32H33N7O3. The molecule has 5 aromatic rings. The Balaban J connectivity index is 1.14. The summed E-state index contributed by atoms with van der Waals surface area (Å²) >= 11 is 0. The lowest BCUT2D eigenvalue weighted by molar-refractivity contribution is 0.0659. The number of rotatable bonds is 9. The summed E-state index contributed by atoms with van der Waals surface area (Å²) in [6.07, 6.45) is 3.36. The number of nitrogens with zero attached hydrogens (tertiary/aromatic N) is 5. The largest absolute Gasteiger partial charge is 0.493 e. The minimum absolute atomic E-state index is 0.00861. The molecule has 6 rings (SSSR count). The summed E-state index contributed by atoms with van der Waals surface area (Å²) in [6.45, 7) is 3.54. The third kappa shape index (κ3) is 6.24. The fourth-order valence-corrected chi connectivity index (χ4v) is 5.01. The summed E-state index contributed by atoms with van der Waals surface area (Å²) in [6, 6.07) is 23.0. The van der Waals surface area contributed by atoms with Crippen molar-refractivity contribution in [2.45, 2.75) is 5.92 Å². The van der Waals surface area contributed by atoms with E-state index < -0.39 is 0 Å². The first kappa shape index (κ1) is 27.4. The number of nitrogens with one attached hydrogen (secondary N) is 2. The van der Waals surface area contributed by atoms with E-state index in [1.165, 1.54) is 0 Å². The molecule has 3 aromatic heterocycles. The van der Waals surface area contributed by atoms with E-state index in [1.54, 1.807) is 24.5 Å². The van der Waals surface area contributed by atoms with Crippen molar-refractivity contribution in [3.05, 3.63) is 96.4 Å². The smallest absolute Gasteiger partial charge is 0.270 e. The lowest BCUT2D eigenvalue weighted by Crippen LogP contribution is -2.47. The molecule has 3 N–H and O–H groups in total. The number of benzene rings is 2. The Morgan fingerprint density at radius 1 is 0.976 bits per heavy atom. The van der Waals surface area contributed by atoms with E-state index in [2.05, 4.69) is 37.2 Å². The molecule has 1 aliphatic heterocycles. The average Bonchev–Trinajstić information content (AvgIpc) is 3.46. The van der Waals surface area contributed by atoms with Gasteiger partial charge >= 0.3 is 0 Å². The average molecular weight is 564 g/mol. The second kappa shape index (κ2) is 12.4. The number of carbonyl (C=O) groups is 1. The van der Waals surface area contributed by atoms with Crippen molar-refractivity contribution in [1.82, 2.24) is 29.7 Å². The van der Waals surface area contributed by atoms with Crippen molar-refractivity contribution >= 4 is 28.4 Å². The molecule has 1 saturated heterocycles. The minimum Gasteiger partial charge on any atom is -0.493 e. The van der Waals surface area contributed by atoms with E-state index in [1.807, 2.05) is 65.6 Å². The van der Waals surface area contributed by atoms with Gasteiger partial charge in [0.2, 0.25) is 5.95 Å². The molecular weight excluding hydrogens is 530 g/mol. The van der Waals surface area contributed by atoms with E-state index in [0.29, 0.717) is 35.4 Å². The van der Waals surface area contributed by atoms with E-state index >= 15 is 0 Å². The number of carbonyl (C=O) groups excluding carboxylic acids is 1. The normalized spacial score (nSPS) is 14.6. The van der Waals surface area contributed by atoms with Crippen molar-refractivity contribution in [2.75, 3.05) is 51.8 Å². The number of hydrogen-bond donors (Lipinski definition) is 3. The number of fused-ring (bicyclic) bond motifs is 1. The molecule has 0 radical (unpaired) electrons. The lowest BCUT2D eigenvalue weighted by atomic mass is 10.0. The van der Waals surface area contributed by atoms with Crippen molar-refractivity contribution in [3.8, 4) is 17.1 Å². The zero-order valence-electron chi connectivity index (χ0n) is 23.4. The molecule has 0 saturated carbocycles. The molecule has 0 spiro atoms. The standard InChI is InChI=1S/C32H33N7O3/c1-38-13-15-39(16-14-38)31(41)30-18-23-17-25(7-8-27(23)36-30)35-32-34-12-10-28(37-32)29-19-26(9-11-33-29)42-21-24(20-40)22-5-3-2-4-6-22/h2-12,17-19,24,36,40H,13-16,20-21H2,1H3,(H,34,35,37). The molecule has 0 aliphatic carbocycles. The van der Waals surface area contributed by atoms with E-state index in [-0.39, 0.29) is 18.4 Å². The molecule has 4 heterocycles. The highest BCUT2D eigenvalue weighted by atomic mass is 16.5. The third-order valence-electron chi connectivity index (χ3n) is 7.49. The van der Waals surface area contributed by atoms with Gasteiger partial charge in [0.15, 0.2) is 0 Å². The number of aromatic amines is 1. The number of hydrogen-bond acceptors (Lipinski definition) is 8. The Labute approximate surface area is 244 Å². The van der Waals surface area contributed by atoms with Gasteiger partial charge in [0.05, 0.1) is 24.6 Å². The van der Waals surface area contributed by atoms with Crippen LogP contribution in [-0.2, 0) is 0 Å². The van der Waals surface area contributed by atoms with Gasteiger partial charge in [0, 0.05) is 67.1 Å². The Hall–Kier alpha value is -4.80. The van der Waals surface area contributed by atoms with Gasteiger partial charge in [-0.05, 0) is 49.0 Å². The number of anilines is 2. The Morgan fingerprint density at radius 2 is 1.79 bits per heavy atom. The molecule has 10 heteroatoms. The van der Waals surface area contributed by atoms with Crippen LogP contribution in [0.25, 0.3) is 22.3 Å². The second-order valence-electron chi connectivity index (χ2n) is 10.4. The Morgan fingerprint density at radius 3 is 2.60 bits per heavy atom. The van der Waals surface area contributed by atoms with Gasteiger partial charge in [-0.25, -0.2) is 9.97 Å². The maximum absolute atomic E-state index is 13.0. The van der Waals surface area contributed by atoms with Crippen molar-refractivity contribution in [1.29, 1.82) is 0 Å². The summed E-state index contributed by atoms with van der Waals surface area (Å²) in [5.74, 6) is 0.961. The first-order chi connectivity index (χ1) is 20.6. The Kier molecular flexibility index (Phi) is 8.07. The molecule has 2 aromatic carbocycles. The lowest BCUT2D eigenvalue weighted by Gasteiger charge is -2.32. The van der Waals surface area contributed by atoms with Gasteiger partial charge in [-0.1, -0.05) is 30.3 Å². The highest BCUT2D eigenvalue weighted by molar-refractivity contribution is 5.98. The van der Waals surface area contributed by atoms with Gasteiger partial charge in [0.25, 0.3) is 5.91 Å². The molecule has 10 nitrogen and oxygen atoms in total. The molecule has 1 fully saturated rings. The van der Waals surface area contributed by atoms with Gasteiger partial charge in [-0.3, -0.25) is 9.78 Å². The minimum atomic E-state index is -0.129. The van der Waals surface area contributed by atoms with Gasteiger partial charge in [0.1, 0.15) is 11.4 Å². The van der Waals surface area contributed by atoms with E-state index in [9.17, 15) is 9.90 Å². The van der Waals surface area contributed by atoms with Crippen LogP contribution >= 0.6 is 0 Å². The topological polar surface area (TPSA) is 120 Å². The number of pyridine rings is 1. The van der Waals surface area contributed by atoms with E-state index in [0.717, 1.165) is 48.3 Å². The molecule has 1 aliphatic rings. The maximum Gasteiger partial charge on any atom is 0.270 e. The quantitative estimate of drug-likeness (QED) is 0.243. The molecule has 214 valence electrons. The number of amides is 1. The Bertz CT molecular complexity index is 1670. The number of ether oxygens (including phenoxy) is 1. The van der Waals surface area contributed by atoms with E-state index in [4.69, 9.17) is 4.74 Å². The fraction of sp³-hybridized carbons (Fsp3) is 0.250. The maximum atomic E-state index is 13.0. The molecule has 0 bridgehead atoms. The third-order valence-corrected chi connectivity index (χ3v) is 7.49. The molecule has 1 atom stereocenters. The van der Waals surface area contributed by atoms with Gasteiger partial charge < -0.3 is 29.9 Å². The van der Waals surface area contributed by atoms with Crippen LogP contribution in [0.1, 0.15) is 22.0 Å². The number of aliphatic hydroxyl groups excluding tert-OH is 1. The van der Waals surface area contributed by atoms with Crippen LogP contribution in [0.3, 0.4) is 0 Å². The summed E-state index contributed by atoms with van der Waals surface area (Å²) in [5, 5.41) is 14.0. The predicted molar refractivity (Wildman–Crippen MR) is 162 cm³/mol. The monoisotopic (exact) mass is 563 g/mol. The summed E-state index contributed by atoms with van der Waals surface area (Å²) < 4.78 is 6.01. The number of aromatic nitrogens is 4. The van der Waals surface area contributed by atoms with Crippen LogP contribution in [0.2, 0.25) is 0 Å². The second-order valence-corrected chi connectivity index (χ2v) is 10.4. The van der Waals surface area contributed by atoms with Crippen LogP contribution in [-0.4, -0.2) is 87.2 Å². The van der Waals surface area contributed by atoms with Crippen LogP contribution in [0, 0.1) is 0 Å². The van der Waals surface area contributed by atoms with Crippen LogP contribution in [0.5, 0.6) is 5.75 Å². The fourth-order valence-electron chi connectivity index (χ4n) is 5.01. The highest BCUT2D eigenvalue weighted by Crippen LogP contribution is 2.25. The van der Waals surface area contributed by atoms with Crippen LogP contribution in [0.4, 0.5) is 11.6 Å². The SMILES string of the molecule is CN1CCN(C(=O)c2cc3cc(Nc4nccc(-c5cc(OCC(CO)c6ccccc6)ccn5)n4)ccc3[nH]2)CC1. The molecule has 42 heavy (non-hydrogen) atoms. The summed E-state index contributed by atoms with van der Waals surface area (Å²) in [7, 11) is 2.07. The summed E-state index contributed by atoms with van der Waals surface area (Å²) in [4.78, 5) is 33.9. The summed E-state index contributed by atoms with van der Waals surface area (Å²) in [5.41, 5.74) is 4.60. The van der Waals surface area contributed by atoms with Crippen molar-refractivity contribution < 1.29 is 14.6 Å². The highest BCUT2D eigenvalue weighted by Gasteiger charge is 2.22. The number of aliphatic hydroxyl groups is 1. The first-order valence-corrected chi connectivity index (χ1v) is 14.0. The van der Waals surface area contributed by atoms with Gasteiger partial charge in [-0.15, -0.1) is 0 Å². The zero-order valence-corrected chi connectivity index (χ0v) is 23.4. The predicted octanol–water partition coefficient (Wildman–Crippen LogP) is 4.31. The number of likely N-dealkylation sites (N-methyl/N-ethyl adjacent to an activating group) is 1. The van der Waals surface area contributed by atoms with Gasteiger partial charge in [-0.2, -0.15) is 0 Å². The molecule has 1 unspecified atom stereocenters. The first-order valence-electron chi connectivity index (χ1n) is 14.0. The van der Waals surface area contributed by atoms with Crippen molar-refractivity contribution in [2.24, 2.45) is 0 Å². The van der Waals surface area contributed by atoms with Crippen molar-refractivity contribution in [3.63, 3.8) is 0 Å². The number of H-pyrrole nitrogens is 1. The number of piperazine rings is 1. The van der Waals surface area contributed by atoms with Crippen LogP contribution < -0.4 is 10.1 Å².